The van der Waals surface area contributed by atoms with Gasteiger partial charge in [0.05, 0.1) is 19.4 Å². The number of ether oxygens (including phenoxy) is 2. The lowest BCUT2D eigenvalue weighted by molar-refractivity contribution is 0.0317. The highest BCUT2D eigenvalue weighted by Crippen LogP contribution is 2.14. The summed E-state index contributed by atoms with van der Waals surface area (Å²) in [4.78, 5) is 10.6. The first kappa shape index (κ1) is 18.9. The Morgan fingerprint density at radius 1 is 1.26 bits per heavy atom. The first-order valence-electron chi connectivity index (χ1n) is 8.83. The fraction of sp³-hybridized carbons (Fsp3) is 0.389. The Morgan fingerprint density at radius 3 is 2.89 bits per heavy atom. The number of anilines is 3. The van der Waals surface area contributed by atoms with Crippen LogP contribution in [-0.4, -0.2) is 60.5 Å². The van der Waals surface area contributed by atoms with Crippen LogP contribution in [0.15, 0.2) is 29.4 Å². The molecule has 1 aromatic carbocycles. The van der Waals surface area contributed by atoms with E-state index in [1.165, 1.54) is 0 Å². The van der Waals surface area contributed by atoms with Crippen molar-refractivity contribution in [1.29, 1.82) is 0 Å². The van der Waals surface area contributed by atoms with Crippen molar-refractivity contribution in [2.45, 2.75) is 6.92 Å². The van der Waals surface area contributed by atoms with Crippen molar-refractivity contribution >= 4 is 23.5 Å². The van der Waals surface area contributed by atoms with Gasteiger partial charge in [-0.15, -0.1) is 0 Å². The molecule has 3 rings (SSSR count). The monoisotopic (exact) mass is 371 g/mol. The van der Waals surface area contributed by atoms with E-state index in [-0.39, 0.29) is 6.01 Å². The van der Waals surface area contributed by atoms with Crippen LogP contribution in [0.25, 0.3) is 0 Å². The molecule has 0 amide bonds. The van der Waals surface area contributed by atoms with Crippen LogP contribution in [0.5, 0.6) is 6.01 Å². The number of nitrogen functional groups attached to an aromatic ring is 2. The van der Waals surface area contributed by atoms with Gasteiger partial charge in [-0.2, -0.15) is 15.1 Å². The van der Waals surface area contributed by atoms with Gasteiger partial charge in [0.15, 0.2) is 5.82 Å². The minimum absolute atomic E-state index is 0.219. The quantitative estimate of drug-likeness (QED) is 0.376. The van der Waals surface area contributed by atoms with Crippen molar-refractivity contribution < 1.29 is 9.47 Å². The van der Waals surface area contributed by atoms with E-state index in [2.05, 4.69) is 25.4 Å². The summed E-state index contributed by atoms with van der Waals surface area (Å²) < 4.78 is 11.0. The molecule has 1 aromatic heterocycles. The Balaban J connectivity index is 1.56. The van der Waals surface area contributed by atoms with E-state index < -0.39 is 0 Å². The topological polar surface area (TPSA) is 124 Å². The summed E-state index contributed by atoms with van der Waals surface area (Å²) in [5.74, 6) is 0.755. The molecule has 1 saturated heterocycles. The zero-order valence-corrected chi connectivity index (χ0v) is 15.4. The second-order valence-electron chi connectivity index (χ2n) is 6.27. The largest absolute Gasteiger partial charge is 0.462 e. The van der Waals surface area contributed by atoms with Gasteiger partial charge in [0.25, 0.3) is 0 Å². The van der Waals surface area contributed by atoms with E-state index in [1.54, 1.807) is 12.3 Å². The number of morpholine rings is 1. The number of nitrogens with one attached hydrogen (secondary N) is 1. The molecule has 1 fully saturated rings. The van der Waals surface area contributed by atoms with E-state index >= 15 is 0 Å². The lowest BCUT2D eigenvalue weighted by Gasteiger charge is -2.26. The number of hydrogen-bond donors (Lipinski definition) is 3. The molecule has 27 heavy (non-hydrogen) atoms. The van der Waals surface area contributed by atoms with Gasteiger partial charge in [-0.05, 0) is 19.1 Å². The Bertz CT molecular complexity index is 791. The standard InChI is InChI=1S/C18H25N7O2/c1-13-2-3-15(19)14(10-13)12-21-24-17-11-16(20)22-18(23-17)27-9-6-25-4-7-26-8-5-25/h2-3,10-12H,4-9,19H2,1H3,(H3,20,22,23,24)/b21-12+. The molecule has 9 heteroatoms. The van der Waals surface area contributed by atoms with Crippen LogP contribution < -0.4 is 21.6 Å². The van der Waals surface area contributed by atoms with E-state index in [4.69, 9.17) is 20.9 Å². The van der Waals surface area contributed by atoms with Crippen LogP contribution in [0, 0.1) is 6.92 Å². The van der Waals surface area contributed by atoms with Crippen molar-refractivity contribution in [3.63, 3.8) is 0 Å². The molecule has 2 heterocycles. The third-order valence-electron chi connectivity index (χ3n) is 4.09. The smallest absolute Gasteiger partial charge is 0.320 e. The molecular formula is C18H25N7O2. The van der Waals surface area contributed by atoms with Crippen molar-refractivity contribution in [3.8, 4) is 6.01 Å². The molecule has 0 spiro atoms. The Hall–Kier alpha value is -2.91. The molecule has 1 aliphatic rings. The Kier molecular flexibility index (Phi) is 6.39. The van der Waals surface area contributed by atoms with Gasteiger partial charge in [-0.3, -0.25) is 10.3 Å². The predicted octanol–water partition coefficient (Wildman–Crippen LogP) is 1.11. The highest BCUT2D eigenvalue weighted by atomic mass is 16.5. The number of rotatable bonds is 7. The molecular weight excluding hydrogens is 346 g/mol. The summed E-state index contributed by atoms with van der Waals surface area (Å²) in [6.07, 6.45) is 1.64. The van der Waals surface area contributed by atoms with Crippen LogP contribution in [0.2, 0.25) is 0 Å². The van der Waals surface area contributed by atoms with Gasteiger partial charge in [-0.1, -0.05) is 11.6 Å². The average molecular weight is 371 g/mol. The first-order valence-corrected chi connectivity index (χ1v) is 8.83. The zero-order chi connectivity index (χ0) is 19.1. The molecule has 5 N–H and O–H groups in total. The number of hydrogen-bond acceptors (Lipinski definition) is 9. The van der Waals surface area contributed by atoms with Gasteiger partial charge < -0.3 is 20.9 Å². The highest BCUT2D eigenvalue weighted by molar-refractivity contribution is 5.87. The maximum Gasteiger partial charge on any atom is 0.320 e. The van der Waals surface area contributed by atoms with Gasteiger partial charge >= 0.3 is 6.01 Å². The number of benzene rings is 1. The van der Waals surface area contributed by atoms with Gasteiger partial charge in [0.1, 0.15) is 12.4 Å². The summed E-state index contributed by atoms with van der Waals surface area (Å²) >= 11 is 0. The summed E-state index contributed by atoms with van der Waals surface area (Å²) in [5.41, 5.74) is 17.2. The second kappa shape index (κ2) is 9.15. The maximum absolute atomic E-state index is 5.94. The first-order chi connectivity index (χ1) is 13.1. The summed E-state index contributed by atoms with van der Waals surface area (Å²) in [5, 5.41) is 4.17. The number of aromatic nitrogens is 2. The maximum atomic E-state index is 5.94. The lowest BCUT2D eigenvalue weighted by atomic mass is 10.1. The lowest BCUT2D eigenvalue weighted by Crippen LogP contribution is -2.38. The molecule has 0 unspecified atom stereocenters. The van der Waals surface area contributed by atoms with Crippen molar-refractivity contribution in [2.75, 3.05) is 56.3 Å². The molecule has 144 valence electrons. The number of nitrogens with two attached hydrogens (primary N) is 2. The minimum atomic E-state index is 0.219. The molecule has 1 aliphatic heterocycles. The van der Waals surface area contributed by atoms with E-state index in [1.807, 2.05) is 25.1 Å². The minimum Gasteiger partial charge on any atom is -0.462 e. The predicted molar refractivity (Wildman–Crippen MR) is 106 cm³/mol. The fourth-order valence-corrected chi connectivity index (χ4v) is 2.63. The molecule has 0 aliphatic carbocycles. The Morgan fingerprint density at radius 2 is 2.07 bits per heavy atom. The van der Waals surface area contributed by atoms with Gasteiger partial charge in [0.2, 0.25) is 0 Å². The van der Waals surface area contributed by atoms with E-state index in [0.29, 0.717) is 23.9 Å². The number of aryl methyl sites for hydroxylation is 1. The summed E-state index contributed by atoms with van der Waals surface area (Å²) in [6, 6.07) is 7.56. The second-order valence-corrected chi connectivity index (χ2v) is 6.27. The summed E-state index contributed by atoms with van der Waals surface area (Å²) in [7, 11) is 0. The van der Waals surface area contributed by atoms with Gasteiger partial charge in [-0.25, -0.2) is 0 Å². The number of nitrogens with zero attached hydrogens (tertiary/aromatic N) is 4. The fourth-order valence-electron chi connectivity index (χ4n) is 2.63. The molecule has 0 bridgehead atoms. The highest BCUT2D eigenvalue weighted by Gasteiger charge is 2.10. The van der Waals surface area contributed by atoms with E-state index in [9.17, 15) is 0 Å². The third kappa shape index (κ3) is 5.80. The van der Waals surface area contributed by atoms with Crippen LogP contribution in [0.4, 0.5) is 17.3 Å². The van der Waals surface area contributed by atoms with Crippen molar-refractivity contribution in [1.82, 2.24) is 14.9 Å². The van der Waals surface area contributed by atoms with Crippen LogP contribution >= 0.6 is 0 Å². The molecule has 0 atom stereocenters. The SMILES string of the molecule is Cc1ccc(N)c(/C=N/Nc2cc(N)nc(OCCN3CCOCC3)n2)c1. The summed E-state index contributed by atoms with van der Waals surface area (Å²) in [6.45, 7) is 6.59. The number of hydrazone groups is 1. The van der Waals surface area contributed by atoms with Crippen molar-refractivity contribution in [3.05, 3.63) is 35.4 Å². The van der Waals surface area contributed by atoms with E-state index in [0.717, 1.165) is 44.0 Å². The molecule has 9 nitrogen and oxygen atoms in total. The molecule has 0 saturated carbocycles. The van der Waals surface area contributed by atoms with Crippen molar-refractivity contribution in [2.24, 2.45) is 5.10 Å². The van der Waals surface area contributed by atoms with Crippen LogP contribution in [0.1, 0.15) is 11.1 Å². The molecule has 2 aromatic rings. The van der Waals surface area contributed by atoms with Crippen LogP contribution in [0.3, 0.4) is 0 Å². The Labute approximate surface area is 158 Å². The normalized spacial score (nSPS) is 15.1. The molecule has 0 radical (unpaired) electrons. The average Bonchev–Trinajstić information content (AvgIpc) is 2.65. The van der Waals surface area contributed by atoms with Crippen LogP contribution in [-0.2, 0) is 4.74 Å². The zero-order valence-electron chi connectivity index (χ0n) is 15.4. The third-order valence-corrected chi connectivity index (χ3v) is 4.09. The van der Waals surface area contributed by atoms with Gasteiger partial charge in [0, 0.05) is 37.0 Å².